The third-order valence-corrected chi connectivity index (χ3v) is 3.33. The number of hydrogen-bond acceptors (Lipinski definition) is 2. The van der Waals surface area contributed by atoms with Gasteiger partial charge in [-0.1, -0.05) is 34.1 Å². The zero-order valence-electron chi connectivity index (χ0n) is 8.35. The van der Waals surface area contributed by atoms with E-state index < -0.39 is 5.51 Å². The van der Waals surface area contributed by atoms with Crippen molar-refractivity contribution in [2.24, 2.45) is 0 Å². The summed E-state index contributed by atoms with van der Waals surface area (Å²) in [7, 11) is 0. The van der Waals surface area contributed by atoms with Gasteiger partial charge in [0.1, 0.15) is 0 Å². The highest BCUT2D eigenvalue weighted by Gasteiger charge is 2.27. The summed E-state index contributed by atoms with van der Waals surface area (Å²) in [5, 5.41) is 2.96. The van der Waals surface area contributed by atoms with Crippen LogP contribution in [0.25, 0.3) is 0 Å². The van der Waals surface area contributed by atoms with Crippen LogP contribution < -0.4 is 5.32 Å². The van der Waals surface area contributed by atoms with Crippen molar-refractivity contribution in [2.45, 2.75) is 12.1 Å². The Kier molecular flexibility index (Phi) is 5.64. The van der Waals surface area contributed by atoms with Gasteiger partial charge in [0.05, 0.1) is 0 Å². The van der Waals surface area contributed by atoms with Gasteiger partial charge in [-0.15, -0.1) is 0 Å². The molecule has 1 aromatic carbocycles. The normalized spacial score (nSPS) is 11.8. The second-order valence-corrected chi connectivity index (χ2v) is 5.08. The molecule has 1 nitrogen and oxygen atoms in total. The zero-order chi connectivity index (χ0) is 12.0. The maximum Gasteiger partial charge on any atom is 0.441 e. The van der Waals surface area contributed by atoms with E-state index in [1.165, 1.54) is 0 Å². The number of alkyl halides is 3. The fourth-order valence-electron chi connectivity index (χ4n) is 1.10. The van der Waals surface area contributed by atoms with E-state index in [-0.39, 0.29) is 17.5 Å². The number of thioether (sulfide) groups is 1. The molecule has 0 radical (unpaired) electrons. The molecule has 0 aliphatic rings. The number of nitrogens with one attached hydrogen (secondary N) is 1. The van der Waals surface area contributed by atoms with E-state index in [1.807, 2.05) is 24.3 Å². The minimum atomic E-state index is -4.13. The van der Waals surface area contributed by atoms with Gasteiger partial charge in [0, 0.05) is 23.3 Å². The highest BCUT2D eigenvalue weighted by atomic mass is 79.9. The molecule has 0 amide bonds. The molecule has 0 aliphatic heterocycles. The average Bonchev–Trinajstić information content (AvgIpc) is 2.18. The summed E-state index contributed by atoms with van der Waals surface area (Å²) >= 11 is 3.37. The van der Waals surface area contributed by atoms with Crippen molar-refractivity contribution in [1.29, 1.82) is 0 Å². The van der Waals surface area contributed by atoms with Crippen LogP contribution in [0.2, 0.25) is 0 Å². The first-order valence-electron chi connectivity index (χ1n) is 4.64. The maximum absolute atomic E-state index is 11.8. The lowest BCUT2D eigenvalue weighted by molar-refractivity contribution is -0.0327. The molecule has 90 valence electrons. The summed E-state index contributed by atoms with van der Waals surface area (Å²) in [6.45, 7) is 0.908. The van der Waals surface area contributed by atoms with Crippen LogP contribution in [0.1, 0.15) is 5.56 Å². The number of rotatable bonds is 5. The number of halogens is 4. The van der Waals surface area contributed by atoms with Crippen LogP contribution >= 0.6 is 27.7 Å². The van der Waals surface area contributed by atoms with Crippen molar-refractivity contribution < 1.29 is 13.2 Å². The standard InChI is InChI=1S/C10H11BrF3NS/c11-9-4-2-1-3-8(9)7-15-5-6-16-10(12,13)14/h1-4,15H,5-7H2. The maximum atomic E-state index is 11.8. The Morgan fingerprint density at radius 2 is 1.94 bits per heavy atom. The molecular formula is C10H11BrF3NS. The van der Waals surface area contributed by atoms with Crippen LogP contribution in [-0.4, -0.2) is 17.8 Å². The van der Waals surface area contributed by atoms with Crippen molar-refractivity contribution in [1.82, 2.24) is 5.32 Å². The molecule has 0 saturated heterocycles. The monoisotopic (exact) mass is 313 g/mol. The molecule has 1 rings (SSSR count). The van der Waals surface area contributed by atoms with E-state index in [9.17, 15) is 13.2 Å². The average molecular weight is 314 g/mol. The molecule has 16 heavy (non-hydrogen) atoms. The third kappa shape index (κ3) is 5.77. The van der Waals surface area contributed by atoms with Gasteiger partial charge in [-0.25, -0.2) is 0 Å². The van der Waals surface area contributed by atoms with E-state index >= 15 is 0 Å². The second-order valence-electron chi connectivity index (χ2n) is 3.06. The van der Waals surface area contributed by atoms with Crippen molar-refractivity contribution in [3.8, 4) is 0 Å². The van der Waals surface area contributed by atoms with Crippen molar-refractivity contribution in [2.75, 3.05) is 12.3 Å². The lowest BCUT2D eigenvalue weighted by Gasteiger charge is -2.08. The van der Waals surface area contributed by atoms with Crippen molar-refractivity contribution in [3.63, 3.8) is 0 Å². The predicted molar refractivity (Wildman–Crippen MR) is 64.4 cm³/mol. The summed E-state index contributed by atoms with van der Waals surface area (Å²) in [4.78, 5) is 0. The minimum absolute atomic E-state index is 0.00131. The Bertz CT molecular complexity index is 330. The third-order valence-electron chi connectivity index (χ3n) is 1.82. The van der Waals surface area contributed by atoms with E-state index in [2.05, 4.69) is 21.2 Å². The molecule has 6 heteroatoms. The first kappa shape index (κ1) is 13.9. The van der Waals surface area contributed by atoms with Crippen molar-refractivity contribution in [3.05, 3.63) is 34.3 Å². The van der Waals surface area contributed by atoms with Gasteiger partial charge in [0.15, 0.2) is 0 Å². The molecule has 1 aromatic rings. The lowest BCUT2D eigenvalue weighted by Crippen LogP contribution is -2.18. The van der Waals surface area contributed by atoms with Crippen LogP contribution in [-0.2, 0) is 6.54 Å². The molecule has 0 saturated carbocycles. The van der Waals surface area contributed by atoms with Gasteiger partial charge in [0.25, 0.3) is 0 Å². The SMILES string of the molecule is FC(F)(F)SCCNCc1ccccc1Br. The Hall–Kier alpha value is -0.200. The minimum Gasteiger partial charge on any atom is -0.312 e. The van der Waals surface area contributed by atoms with Gasteiger partial charge >= 0.3 is 5.51 Å². The molecule has 0 fully saturated rings. The van der Waals surface area contributed by atoms with Crippen molar-refractivity contribution >= 4 is 27.7 Å². The molecular weight excluding hydrogens is 303 g/mol. The molecule has 0 unspecified atom stereocenters. The summed E-state index contributed by atoms with van der Waals surface area (Å²) in [5.74, 6) is 0.0357. The first-order chi connectivity index (χ1) is 7.49. The Labute approximate surface area is 105 Å². The van der Waals surface area contributed by atoms with Gasteiger partial charge in [0.2, 0.25) is 0 Å². The quantitative estimate of drug-likeness (QED) is 0.830. The van der Waals surface area contributed by atoms with Crippen LogP contribution in [0.15, 0.2) is 28.7 Å². The smallest absolute Gasteiger partial charge is 0.312 e. The summed E-state index contributed by atoms with van der Waals surface area (Å²) in [5.41, 5.74) is -3.09. The molecule has 0 atom stereocenters. The van der Waals surface area contributed by atoms with Crippen LogP contribution in [0.5, 0.6) is 0 Å². The highest BCUT2D eigenvalue weighted by Crippen LogP contribution is 2.29. The van der Waals surface area contributed by atoms with Gasteiger partial charge in [-0.05, 0) is 23.4 Å². The van der Waals surface area contributed by atoms with Gasteiger partial charge in [-0.2, -0.15) is 13.2 Å². The summed E-state index contributed by atoms with van der Waals surface area (Å²) in [6, 6.07) is 7.62. The van der Waals surface area contributed by atoms with E-state index in [0.29, 0.717) is 13.1 Å². The Balaban J connectivity index is 2.19. The topological polar surface area (TPSA) is 12.0 Å². The fourth-order valence-corrected chi connectivity index (χ4v) is 2.01. The molecule has 0 spiro atoms. The van der Waals surface area contributed by atoms with E-state index in [0.717, 1.165) is 10.0 Å². The largest absolute Gasteiger partial charge is 0.441 e. The lowest BCUT2D eigenvalue weighted by atomic mass is 10.2. The van der Waals surface area contributed by atoms with E-state index in [4.69, 9.17) is 0 Å². The summed E-state index contributed by atoms with van der Waals surface area (Å²) in [6.07, 6.45) is 0. The molecule has 1 N–H and O–H groups in total. The first-order valence-corrected chi connectivity index (χ1v) is 6.42. The van der Waals surface area contributed by atoms with Crippen LogP contribution in [0, 0.1) is 0 Å². The number of benzene rings is 1. The zero-order valence-corrected chi connectivity index (χ0v) is 10.8. The number of hydrogen-bond donors (Lipinski definition) is 1. The molecule has 0 aromatic heterocycles. The van der Waals surface area contributed by atoms with Gasteiger partial charge < -0.3 is 5.32 Å². The van der Waals surface area contributed by atoms with Crippen LogP contribution in [0.4, 0.5) is 13.2 Å². The van der Waals surface area contributed by atoms with Crippen LogP contribution in [0.3, 0.4) is 0 Å². The van der Waals surface area contributed by atoms with E-state index in [1.54, 1.807) is 0 Å². The second kappa shape index (κ2) is 6.51. The molecule has 0 heterocycles. The fraction of sp³-hybridized carbons (Fsp3) is 0.400. The molecule has 0 bridgehead atoms. The Morgan fingerprint density at radius 1 is 1.25 bits per heavy atom. The Morgan fingerprint density at radius 3 is 2.56 bits per heavy atom. The predicted octanol–water partition coefficient (Wildman–Crippen LogP) is 3.79. The van der Waals surface area contributed by atoms with Gasteiger partial charge in [-0.3, -0.25) is 0 Å². The highest BCUT2D eigenvalue weighted by molar-refractivity contribution is 9.10. The summed E-state index contributed by atoms with van der Waals surface area (Å²) < 4.78 is 36.4. The molecule has 0 aliphatic carbocycles.